The zero-order valence-electron chi connectivity index (χ0n) is 16.4. The minimum Gasteiger partial charge on any atom is -0.494 e. The second-order valence-corrected chi connectivity index (χ2v) is 6.82. The van der Waals surface area contributed by atoms with Crippen molar-refractivity contribution in [1.29, 1.82) is 0 Å². The number of benzene rings is 1. The molecule has 0 amide bonds. The third-order valence-corrected chi connectivity index (χ3v) is 4.77. The van der Waals surface area contributed by atoms with E-state index in [1.807, 2.05) is 25.1 Å². The van der Waals surface area contributed by atoms with E-state index in [0.717, 1.165) is 17.5 Å². The number of aryl methyl sites for hydroxylation is 1. The molecule has 0 aliphatic rings. The van der Waals surface area contributed by atoms with Crippen LogP contribution in [0.3, 0.4) is 0 Å². The molecule has 7 heteroatoms. The van der Waals surface area contributed by atoms with E-state index in [0.29, 0.717) is 17.6 Å². The zero-order valence-corrected chi connectivity index (χ0v) is 16.4. The number of ketones is 1. The van der Waals surface area contributed by atoms with E-state index in [4.69, 9.17) is 4.74 Å². The number of methoxy groups -OCH3 is 1. The van der Waals surface area contributed by atoms with Gasteiger partial charge in [-0.25, -0.2) is 9.37 Å². The monoisotopic (exact) mass is 403 g/mol. The first-order valence-corrected chi connectivity index (χ1v) is 9.27. The third-order valence-electron chi connectivity index (χ3n) is 4.77. The summed E-state index contributed by atoms with van der Waals surface area (Å²) in [6.07, 6.45) is 3.05. The third kappa shape index (κ3) is 3.57. The molecule has 1 aromatic carbocycles. The summed E-state index contributed by atoms with van der Waals surface area (Å²) < 4.78 is 20.7. The fraction of sp³-hybridized carbons (Fsp3) is 0.130. The Morgan fingerprint density at radius 3 is 2.73 bits per heavy atom. The van der Waals surface area contributed by atoms with Crippen molar-refractivity contribution in [2.75, 3.05) is 7.11 Å². The number of halogens is 1. The summed E-state index contributed by atoms with van der Waals surface area (Å²) in [4.78, 5) is 34.9. The molecule has 30 heavy (non-hydrogen) atoms. The summed E-state index contributed by atoms with van der Waals surface area (Å²) in [7, 11) is 1.34. The highest BCUT2D eigenvalue weighted by Crippen LogP contribution is 2.20. The van der Waals surface area contributed by atoms with Gasteiger partial charge < -0.3 is 9.30 Å². The standard InChI is InChI=1S/C23H18FN3O3/c1-14-5-3-6-16(26-14)12-27-13-18(22(29)17-7-4-10-25-23(17)27)21(28)15-8-9-20(30-2)19(24)11-15/h3-11,13H,12H2,1-2H3. The smallest absolute Gasteiger partial charge is 0.202 e. The van der Waals surface area contributed by atoms with Gasteiger partial charge in [0.05, 0.1) is 30.3 Å². The molecule has 0 bridgehead atoms. The molecule has 150 valence electrons. The minimum atomic E-state index is -0.671. The van der Waals surface area contributed by atoms with Gasteiger partial charge in [-0.3, -0.25) is 14.6 Å². The number of hydrogen-bond donors (Lipinski definition) is 0. The average molecular weight is 403 g/mol. The molecule has 0 aliphatic carbocycles. The largest absolute Gasteiger partial charge is 0.494 e. The zero-order chi connectivity index (χ0) is 21.3. The number of aromatic nitrogens is 3. The lowest BCUT2D eigenvalue weighted by atomic mass is 10.0. The lowest BCUT2D eigenvalue weighted by Gasteiger charge is -2.12. The van der Waals surface area contributed by atoms with Crippen LogP contribution in [0.1, 0.15) is 27.3 Å². The Hall–Kier alpha value is -3.87. The first-order valence-electron chi connectivity index (χ1n) is 9.27. The molecular formula is C23H18FN3O3. The molecule has 3 heterocycles. The second-order valence-electron chi connectivity index (χ2n) is 6.82. The lowest BCUT2D eigenvalue weighted by molar-refractivity contribution is 0.103. The van der Waals surface area contributed by atoms with Crippen molar-refractivity contribution in [3.05, 3.63) is 99.5 Å². The number of carbonyl (C=O) groups is 1. The number of rotatable bonds is 5. The molecule has 4 rings (SSSR count). The highest BCUT2D eigenvalue weighted by Gasteiger charge is 2.19. The maximum absolute atomic E-state index is 14.1. The van der Waals surface area contributed by atoms with Gasteiger partial charge in [0.15, 0.2) is 17.3 Å². The van der Waals surface area contributed by atoms with Crippen LogP contribution < -0.4 is 10.2 Å². The van der Waals surface area contributed by atoms with Gasteiger partial charge >= 0.3 is 0 Å². The van der Waals surface area contributed by atoms with Crippen molar-refractivity contribution in [3.63, 3.8) is 0 Å². The molecule has 0 atom stereocenters. The number of fused-ring (bicyclic) bond motifs is 1. The van der Waals surface area contributed by atoms with Crippen LogP contribution >= 0.6 is 0 Å². The molecule has 4 aromatic rings. The van der Waals surface area contributed by atoms with Gasteiger partial charge in [-0.15, -0.1) is 0 Å². The predicted octanol–water partition coefficient (Wildman–Crippen LogP) is 3.53. The molecule has 0 spiro atoms. The fourth-order valence-corrected chi connectivity index (χ4v) is 3.33. The average Bonchev–Trinajstić information content (AvgIpc) is 2.75. The SMILES string of the molecule is COc1ccc(C(=O)c2cn(Cc3cccc(C)n3)c3ncccc3c2=O)cc1F. The summed E-state index contributed by atoms with van der Waals surface area (Å²) in [5.41, 5.74) is 1.62. The first kappa shape index (κ1) is 19.4. The Kier molecular flexibility index (Phi) is 5.10. The number of carbonyl (C=O) groups excluding carboxylic acids is 1. The van der Waals surface area contributed by atoms with E-state index in [-0.39, 0.29) is 16.9 Å². The van der Waals surface area contributed by atoms with Crippen molar-refractivity contribution in [2.45, 2.75) is 13.5 Å². The van der Waals surface area contributed by atoms with Gasteiger partial charge in [-0.1, -0.05) is 6.07 Å². The van der Waals surface area contributed by atoms with Crippen LogP contribution in [-0.4, -0.2) is 27.4 Å². The molecule has 0 fully saturated rings. The number of hydrogen-bond acceptors (Lipinski definition) is 5. The van der Waals surface area contributed by atoms with Crippen LogP contribution in [0.4, 0.5) is 4.39 Å². The van der Waals surface area contributed by atoms with Crippen LogP contribution in [0.15, 0.2) is 65.7 Å². The van der Waals surface area contributed by atoms with Gasteiger partial charge in [0, 0.05) is 23.7 Å². The molecule has 0 radical (unpaired) electrons. The number of ether oxygens (including phenoxy) is 1. The van der Waals surface area contributed by atoms with E-state index in [1.54, 1.807) is 22.9 Å². The van der Waals surface area contributed by atoms with Crippen molar-refractivity contribution in [2.24, 2.45) is 0 Å². The van der Waals surface area contributed by atoms with Crippen molar-refractivity contribution in [3.8, 4) is 5.75 Å². The minimum absolute atomic E-state index is 0.0252. The summed E-state index contributed by atoms with van der Waals surface area (Å²) in [5.74, 6) is -1.22. The predicted molar refractivity (Wildman–Crippen MR) is 110 cm³/mol. The van der Waals surface area contributed by atoms with Crippen LogP contribution in [0.25, 0.3) is 11.0 Å². The molecule has 0 N–H and O–H groups in total. The Morgan fingerprint density at radius 2 is 2.00 bits per heavy atom. The van der Waals surface area contributed by atoms with Gasteiger partial charge in [0.1, 0.15) is 5.65 Å². The summed E-state index contributed by atoms with van der Waals surface area (Å²) in [6.45, 7) is 2.21. The fourth-order valence-electron chi connectivity index (χ4n) is 3.33. The molecule has 0 saturated carbocycles. The Morgan fingerprint density at radius 1 is 1.17 bits per heavy atom. The normalized spacial score (nSPS) is 10.9. The highest BCUT2D eigenvalue weighted by atomic mass is 19.1. The quantitative estimate of drug-likeness (QED) is 0.477. The summed E-state index contributed by atoms with van der Waals surface area (Å²) in [6, 6.07) is 12.8. The van der Waals surface area contributed by atoms with Gasteiger partial charge in [0.25, 0.3) is 0 Å². The van der Waals surface area contributed by atoms with Crippen molar-refractivity contribution in [1.82, 2.24) is 14.5 Å². The Bertz CT molecular complexity index is 1330. The van der Waals surface area contributed by atoms with Crippen molar-refractivity contribution < 1.29 is 13.9 Å². The first-order chi connectivity index (χ1) is 14.5. The van der Waals surface area contributed by atoms with Crippen molar-refractivity contribution >= 4 is 16.8 Å². The summed E-state index contributed by atoms with van der Waals surface area (Å²) >= 11 is 0. The van der Waals surface area contributed by atoms with Gasteiger partial charge in [-0.2, -0.15) is 0 Å². The van der Waals surface area contributed by atoms with E-state index in [1.165, 1.54) is 25.4 Å². The van der Waals surface area contributed by atoms with E-state index >= 15 is 0 Å². The molecule has 0 saturated heterocycles. The second kappa shape index (κ2) is 7.87. The Labute approximate surface area is 171 Å². The maximum atomic E-state index is 14.1. The summed E-state index contributed by atoms with van der Waals surface area (Å²) in [5, 5.41) is 0.310. The van der Waals surface area contributed by atoms with Gasteiger partial charge in [-0.05, 0) is 49.4 Å². The molecule has 6 nitrogen and oxygen atoms in total. The molecular weight excluding hydrogens is 385 g/mol. The van der Waals surface area contributed by atoms with Crippen LogP contribution in [0, 0.1) is 12.7 Å². The highest BCUT2D eigenvalue weighted by molar-refractivity contribution is 6.10. The van der Waals surface area contributed by atoms with Crippen LogP contribution in [-0.2, 0) is 6.54 Å². The van der Waals surface area contributed by atoms with Crippen LogP contribution in [0.5, 0.6) is 5.75 Å². The topological polar surface area (TPSA) is 74.1 Å². The van der Waals surface area contributed by atoms with Gasteiger partial charge in [0.2, 0.25) is 5.43 Å². The maximum Gasteiger partial charge on any atom is 0.202 e. The number of pyridine rings is 3. The lowest BCUT2D eigenvalue weighted by Crippen LogP contribution is -2.21. The molecule has 3 aromatic heterocycles. The molecule has 0 aliphatic heterocycles. The van der Waals surface area contributed by atoms with E-state index in [9.17, 15) is 14.0 Å². The number of nitrogens with zero attached hydrogens (tertiary/aromatic N) is 3. The van der Waals surface area contributed by atoms with Crippen LogP contribution in [0.2, 0.25) is 0 Å². The van der Waals surface area contributed by atoms with E-state index in [2.05, 4.69) is 9.97 Å². The Balaban J connectivity index is 1.86. The molecule has 0 unspecified atom stereocenters. The van der Waals surface area contributed by atoms with E-state index < -0.39 is 17.0 Å².